The number of hydrogen-bond donors (Lipinski definition) is 1. The average molecular weight is 232 g/mol. The molecule has 2 unspecified atom stereocenters. The van der Waals surface area contributed by atoms with Gasteiger partial charge in [0, 0.05) is 18.0 Å². The summed E-state index contributed by atoms with van der Waals surface area (Å²) in [5.41, 5.74) is 6.86. The molecule has 0 amide bonds. The zero-order chi connectivity index (χ0) is 12.3. The molecule has 0 saturated heterocycles. The Morgan fingerprint density at radius 1 is 1.47 bits per heavy atom. The highest BCUT2D eigenvalue weighted by atomic mass is 16.5. The maximum absolute atomic E-state index is 6.03. The van der Waals surface area contributed by atoms with Crippen molar-refractivity contribution in [1.82, 2.24) is 15.1 Å². The van der Waals surface area contributed by atoms with E-state index in [1.54, 1.807) is 12.4 Å². The first kappa shape index (κ1) is 11.7. The van der Waals surface area contributed by atoms with Crippen LogP contribution in [0.1, 0.15) is 32.2 Å². The van der Waals surface area contributed by atoms with E-state index >= 15 is 0 Å². The molecule has 2 aromatic heterocycles. The second-order valence-electron chi connectivity index (χ2n) is 4.11. The summed E-state index contributed by atoms with van der Waals surface area (Å²) in [4.78, 5) is 8.32. The molecule has 2 rings (SSSR count). The second kappa shape index (κ2) is 5.05. The summed E-state index contributed by atoms with van der Waals surface area (Å²) in [5.74, 6) is 1.34. The van der Waals surface area contributed by atoms with E-state index in [2.05, 4.69) is 29.0 Å². The van der Waals surface area contributed by atoms with E-state index in [1.807, 2.05) is 12.1 Å². The minimum atomic E-state index is -0.210. The van der Waals surface area contributed by atoms with E-state index in [0.717, 1.165) is 12.0 Å². The van der Waals surface area contributed by atoms with Gasteiger partial charge in [-0.15, -0.1) is 0 Å². The zero-order valence-corrected chi connectivity index (χ0v) is 10.00. The number of nitrogens with two attached hydrogens (primary N) is 1. The largest absolute Gasteiger partial charge is 0.337 e. The van der Waals surface area contributed by atoms with Crippen molar-refractivity contribution < 1.29 is 4.52 Å². The fraction of sp³-hybridized carbons (Fsp3) is 0.417. The van der Waals surface area contributed by atoms with Crippen molar-refractivity contribution in [3.05, 3.63) is 30.4 Å². The smallest absolute Gasteiger partial charge is 0.244 e. The van der Waals surface area contributed by atoms with E-state index in [0.29, 0.717) is 17.6 Å². The Morgan fingerprint density at radius 3 is 2.94 bits per heavy atom. The van der Waals surface area contributed by atoms with Crippen LogP contribution >= 0.6 is 0 Å². The van der Waals surface area contributed by atoms with Gasteiger partial charge in [0.1, 0.15) is 0 Å². The lowest BCUT2D eigenvalue weighted by Gasteiger charge is -2.12. The lowest BCUT2D eigenvalue weighted by Crippen LogP contribution is -2.18. The third-order valence-electron chi connectivity index (χ3n) is 2.90. The first-order valence-electron chi connectivity index (χ1n) is 5.72. The van der Waals surface area contributed by atoms with Gasteiger partial charge in [-0.2, -0.15) is 4.98 Å². The average Bonchev–Trinajstić information content (AvgIpc) is 2.87. The van der Waals surface area contributed by atoms with Gasteiger partial charge in [0.25, 0.3) is 0 Å². The summed E-state index contributed by atoms with van der Waals surface area (Å²) in [6.45, 7) is 4.15. The van der Waals surface area contributed by atoms with Crippen LogP contribution < -0.4 is 5.73 Å². The van der Waals surface area contributed by atoms with Gasteiger partial charge in [-0.3, -0.25) is 4.98 Å². The Bertz CT molecular complexity index is 468. The van der Waals surface area contributed by atoms with Crippen LogP contribution in [0.15, 0.2) is 29.0 Å². The summed E-state index contributed by atoms with van der Waals surface area (Å²) in [7, 11) is 0. The normalized spacial score (nSPS) is 14.5. The van der Waals surface area contributed by atoms with Crippen LogP contribution in [0, 0.1) is 5.92 Å². The Hall–Kier alpha value is -1.75. The van der Waals surface area contributed by atoms with Crippen molar-refractivity contribution in [1.29, 1.82) is 0 Å². The minimum Gasteiger partial charge on any atom is -0.337 e. The van der Waals surface area contributed by atoms with E-state index in [9.17, 15) is 0 Å². The molecule has 2 aromatic rings. The number of nitrogens with zero attached hydrogens (tertiary/aromatic N) is 3. The fourth-order valence-corrected chi connectivity index (χ4v) is 1.48. The number of aromatic nitrogens is 3. The van der Waals surface area contributed by atoms with Crippen molar-refractivity contribution in [2.45, 2.75) is 26.3 Å². The van der Waals surface area contributed by atoms with E-state index < -0.39 is 0 Å². The highest BCUT2D eigenvalue weighted by Crippen LogP contribution is 2.22. The van der Waals surface area contributed by atoms with Crippen LogP contribution in [-0.4, -0.2) is 15.1 Å². The van der Waals surface area contributed by atoms with Gasteiger partial charge in [0.2, 0.25) is 11.7 Å². The molecule has 17 heavy (non-hydrogen) atoms. The van der Waals surface area contributed by atoms with Crippen molar-refractivity contribution in [3.8, 4) is 11.4 Å². The maximum Gasteiger partial charge on any atom is 0.244 e. The predicted octanol–water partition coefficient (Wildman–Crippen LogP) is 2.18. The fourth-order valence-electron chi connectivity index (χ4n) is 1.48. The summed E-state index contributed by atoms with van der Waals surface area (Å²) in [6, 6.07) is 3.51. The first-order valence-corrected chi connectivity index (χ1v) is 5.72. The first-order chi connectivity index (χ1) is 8.22. The molecule has 2 heterocycles. The Kier molecular flexibility index (Phi) is 3.49. The van der Waals surface area contributed by atoms with Gasteiger partial charge < -0.3 is 10.3 Å². The van der Waals surface area contributed by atoms with Gasteiger partial charge in [-0.1, -0.05) is 25.4 Å². The third-order valence-corrected chi connectivity index (χ3v) is 2.90. The standard InChI is InChI=1S/C12H16N4O/c1-3-8(2)10(13)12-15-11(16-17-12)9-5-4-6-14-7-9/h4-8,10H,3,13H2,1-2H3. The summed E-state index contributed by atoms with van der Waals surface area (Å²) < 4.78 is 5.19. The summed E-state index contributed by atoms with van der Waals surface area (Å²) >= 11 is 0. The molecule has 5 nitrogen and oxygen atoms in total. The molecule has 0 aromatic carbocycles. The molecule has 0 spiro atoms. The topological polar surface area (TPSA) is 77.8 Å². The summed E-state index contributed by atoms with van der Waals surface area (Å²) in [6.07, 6.45) is 4.38. The van der Waals surface area contributed by atoms with Crippen LogP contribution in [-0.2, 0) is 0 Å². The number of hydrogen-bond acceptors (Lipinski definition) is 5. The highest BCUT2D eigenvalue weighted by Gasteiger charge is 2.20. The Labute approximate surface area is 100 Å². The molecule has 0 aliphatic rings. The van der Waals surface area contributed by atoms with Crippen molar-refractivity contribution in [2.24, 2.45) is 11.7 Å². The lowest BCUT2D eigenvalue weighted by atomic mass is 10.0. The zero-order valence-electron chi connectivity index (χ0n) is 10.00. The van der Waals surface area contributed by atoms with Gasteiger partial charge in [-0.25, -0.2) is 0 Å². The Morgan fingerprint density at radius 2 is 2.29 bits per heavy atom. The molecule has 0 radical (unpaired) electrons. The van der Waals surface area contributed by atoms with Crippen molar-refractivity contribution >= 4 is 0 Å². The molecule has 0 aliphatic heterocycles. The molecule has 2 atom stereocenters. The molecule has 90 valence electrons. The lowest BCUT2D eigenvalue weighted by molar-refractivity contribution is 0.312. The van der Waals surface area contributed by atoms with Crippen LogP contribution in [0.3, 0.4) is 0 Å². The number of rotatable bonds is 4. The SMILES string of the molecule is CCC(C)C(N)c1nc(-c2cccnc2)no1. The van der Waals surface area contributed by atoms with Crippen LogP contribution in [0.25, 0.3) is 11.4 Å². The molecule has 0 saturated carbocycles. The van der Waals surface area contributed by atoms with Crippen LogP contribution in [0.2, 0.25) is 0 Å². The molecular weight excluding hydrogens is 216 g/mol. The van der Waals surface area contributed by atoms with Crippen LogP contribution in [0.5, 0.6) is 0 Å². The molecule has 5 heteroatoms. The van der Waals surface area contributed by atoms with Gasteiger partial charge in [0.15, 0.2) is 0 Å². The van der Waals surface area contributed by atoms with Crippen molar-refractivity contribution in [2.75, 3.05) is 0 Å². The molecule has 0 fully saturated rings. The molecule has 0 bridgehead atoms. The highest BCUT2D eigenvalue weighted by molar-refractivity contribution is 5.51. The van der Waals surface area contributed by atoms with Gasteiger partial charge in [-0.05, 0) is 18.1 Å². The van der Waals surface area contributed by atoms with Crippen molar-refractivity contribution in [3.63, 3.8) is 0 Å². The van der Waals surface area contributed by atoms with E-state index in [4.69, 9.17) is 10.3 Å². The summed E-state index contributed by atoms with van der Waals surface area (Å²) in [5, 5.41) is 3.92. The quantitative estimate of drug-likeness (QED) is 0.874. The second-order valence-corrected chi connectivity index (χ2v) is 4.11. The monoisotopic (exact) mass is 232 g/mol. The maximum atomic E-state index is 6.03. The molecule has 2 N–H and O–H groups in total. The van der Waals surface area contributed by atoms with Gasteiger partial charge >= 0.3 is 0 Å². The minimum absolute atomic E-state index is 0.210. The van der Waals surface area contributed by atoms with Gasteiger partial charge in [0.05, 0.1) is 6.04 Å². The van der Waals surface area contributed by atoms with E-state index in [-0.39, 0.29) is 6.04 Å². The Balaban J connectivity index is 2.22. The van der Waals surface area contributed by atoms with E-state index in [1.165, 1.54) is 0 Å². The third kappa shape index (κ3) is 2.50. The number of pyridine rings is 1. The predicted molar refractivity (Wildman–Crippen MR) is 63.9 cm³/mol. The molecule has 0 aliphatic carbocycles. The molecular formula is C12H16N4O. The van der Waals surface area contributed by atoms with Crippen LogP contribution in [0.4, 0.5) is 0 Å².